The Morgan fingerprint density at radius 3 is 2.88 bits per heavy atom. The zero-order valence-corrected chi connectivity index (χ0v) is 9.89. The molecule has 4 nitrogen and oxygen atoms in total. The van der Waals surface area contributed by atoms with Crippen LogP contribution in [0.4, 0.5) is 0 Å². The molecule has 5 heteroatoms. The zero-order valence-electron chi connectivity index (χ0n) is 9.13. The Morgan fingerprint density at radius 2 is 2.24 bits per heavy atom. The van der Waals surface area contributed by atoms with Crippen LogP contribution in [0.3, 0.4) is 0 Å². The van der Waals surface area contributed by atoms with Crippen molar-refractivity contribution in [1.82, 2.24) is 15.0 Å². The van der Waals surface area contributed by atoms with E-state index in [2.05, 4.69) is 21.0 Å². The van der Waals surface area contributed by atoms with Crippen LogP contribution in [-0.2, 0) is 0 Å². The normalized spacial score (nSPS) is 11.8. The molecule has 2 rings (SSSR count). The Bertz CT molecular complexity index is 562. The number of pyridine rings is 1. The molecule has 0 aliphatic rings. The Labute approximate surface area is 104 Å². The first-order valence-electron chi connectivity index (χ1n) is 5.01. The van der Waals surface area contributed by atoms with Crippen LogP contribution in [0.5, 0.6) is 0 Å². The van der Waals surface area contributed by atoms with E-state index in [9.17, 15) is 5.26 Å². The lowest BCUT2D eigenvalue weighted by atomic mass is 9.96. The molecule has 2 aromatic heterocycles. The lowest BCUT2D eigenvalue weighted by Gasteiger charge is -2.10. The molecule has 0 aliphatic carbocycles. The quantitative estimate of drug-likeness (QED) is 0.762. The molecule has 0 N–H and O–H groups in total. The maximum absolute atomic E-state index is 9.27. The summed E-state index contributed by atoms with van der Waals surface area (Å²) < 4.78 is 0. The molecule has 0 radical (unpaired) electrons. The van der Waals surface area contributed by atoms with E-state index < -0.39 is 5.92 Å². The summed E-state index contributed by atoms with van der Waals surface area (Å²) in [5.41, 5.74) is 2.26. The molecule has 0 spiro atoms. The lowest BCUT2D eigenvalue weighted by Crippen LogP contribution is -2.05. The van der Waals surface area contributed by atoms with E-state index in [4.69, 9.17) is 11.6 Å². The number of halogens is 1. The van der Waals surface area contributed by atoms with Crippen molar-refractivity contribution in [2.75, 3.05) is 0 Å². The fourth-order valence-corrected chi connectivity index (χ4v) is 1.71. The van der Waals surface area contributed by atoms with E-state index in [-0.39, 0.29) is 5.28 Å². The molecule has 84 valence electrons. The molecule has 0 bridgehead atoms. The largest absolute Gasteiger partial charge is 0.264 e. The second kappa shape index (κ2) is 4.89. The van der Waals surface area contributed by atoms with Crippen LogP contribution in [0, 0.1) is 18.3 Å². The maximum atomic E-state index is 9.27. The van der Waals surface area contributed by atoms with Gasteiger partial charge in [-0.3, -0.25) is 4.98 Å². The first-order valence-corrected chi connectivity index (χ1v) is 5.38. The van der Waals surface area contributed by atoms with Crippen LogP contribution in [0.1, 0.15) is 22.7 Å². The predicted octanol–water partition coefficient (Wildman–Crippen LogP) is 2.49. The summed E-state index contributed by atoms with van der Waals surface area (Å²) in [6.45, 7) is 1.85. The SMILES string of the molecule is Cc1cnc(Cl)nc1C(C#N)c1cccnc1. The van der Waals surface area contributed by atoms with Gasteiger partial charge in [-0.25, -0.2) is 9.97 Å². The number of nitriles is 1. The molecule has 1 unspecified atom stereocenters. The molecular weight excluding hydrogens is 236 g/mol. The number of nitrogens with zero attached hydrogens (tertiary/aromatic N) is 4. The van der Waals surface area contributed by atoms with Crippen LogP contribution < -0.4 is 0 Å². The van der Waals surface area contributed by atoms with Gasteiger partial charge in [0.25, 0.3) is 0 Å². The number of rotatable bonds is 2. The van der Waals surface area contributed by atoms with Crippen molar-refractivity contribution in [1.29, 1.82) is 5.26 Å². The van der Waals surface area contributed by atoms with E-state index in [1.54, 1.807) is 24.7 Å². The van der Waals surface area contributed by atoms with Crippen LogP contribution in [-0.4, -0.2) is 15.0 Å². The van der Waals surface area contributed by atoms with Crippen molar-refractivity contribution < 1.29 is 0 Å². The van der Waals surface area contributed by atoms with Crippen molar-refractivity contribution in [3.05, 3.63) is 52.8 Å². The van der Waals surface area contributed by atoms with Crippen molar-refractivity contribution >= 4 is 11.6 Å². The number of aryl methyl sites for hydroxylation is 1. The van der Waals surface area contributed by atoms with Crippen LogP contribution in [0.2, 0.25) is 5.28 Å². The van der Waals surface area contributed by atoms with Crippen molar-refractivity contribution in [3.63, 3.8) is 0 Å². The molecule has 0 fully saturated rings. The first-order chi connectivity index (χ1) is 8.22. The number of hydrogen-bond acceptors (Lipinski definition) is 4. The smallest absolute Gasteiger partial charge is 0.222 e. The van der Waals surface area contributed by atoms with Crippen molar-refractivity contribution in [2.24, 2.45) is 0 Å². The summed E-state index contributed by atoms with van der Waals surface area (Å²) in [7, 11) is 0. The molecule has 1 atom stereocenters. The molecular formula is C12H9ClN4. The molecule has 0 saturated carbocycles. The summed E-state index contributed by atoms with van der Waals surface area (Å²) in [6.07, 6.45) is 4.94. The van der Waals surface area contributed by atoms with Crippen LogP contribution in [0.15, 0.2) is 30.7 Å². The third-order valence-corrected chi connectivity index (χ3v) is 2.58. The number of aromatic nitrogens is 3. The summed E-state index contributed by atoms with van der Waals surface area (Å²) in [6, 6.07) is 5.85. The fraction of sp³-hybridized carbons (Fsp3) is 0.167. The molecule has 0 saturated heterocycles. The average molecular weight is 245 g/mol. The summed E-state index contributed by atoms with van der Waals surface area (Å²) in [4.78, 5) is 12.0. The molecule has 17 heavy (non-hydrogen) atoms. The third kappa shape index (κ3) is 2.40. The van der Waals surface area contributed by atoms with E-state index in [0.717, 1.165) is 11.1 Å². The van der Waals surface area contributed by atoms with Gasteiger partial charge < -0.3 is 0 Å². The molecule has 2 heterocycles. The fourth-order valence-electron chi connectivity index (χ4n) is 1.57. The molecule has 2 aromatic rings. The molecule has 0 amide bonds. The van der Waals surface area contributed by atoms with E-state index >= 15 is 0 Å². The van der Waals surface area contributed by atoms with E-state index in [1.807, 2.05) is 13.0 Å². The van der Waals surface area contributed by atoms with Gasteiger partial charge in [0.1, 0.15) is 5.92 Å². The highest BCUT2D eigenvalue weighted by Gasteiger charge is 2.18. The highest BCUT2D eigenvalue weighted by atomic mass is 35.5. The van der Waals surface area contributed by atoms with Gasteiger partial charge in [0.15, 0.2) is 0 Å². The Morgan fingerprint density at radius 1 is 1.41 bits per heavy atom. The maximum Gasteiger partial charge on any atom is 0.222 e. The summed E-state index contributed by atoms with van der Waals surface area (Å²) >= 11 is 5.76. The van der Waals surface area contributed by atoms with Gasteiger partial charge in [-0.05, 0) is 35.7 Å². The van der Waals surface area contributed by atoms with E-state index in [1.165, 1.54) is 0 Å². The molecule has 0 aromatic carbocycles. The molecule has 0 aliphatic heterocycles. The zero-order chi connectivity index (χ0) is 12.3. The van der Waals surface area contributed by atoms with Gasteiger partial charge in [0.2, 0.25) is 5.28 Å². The third-order valence-electron chi connectivity index (χ3n) is 2.40. The highest BCUT2D eigenvalue weighted by Crippen LogP contribution is 2.24. The summed E-state index contributed by atoms with van der Waals surface area (Å²) in [5.74, 6) is -0.468. The van der Waals surface area contributed by atoms with Gasteiger partial charge >= 0.3 is 0 Å². The van der Waals surface area contributed by atoms with Gasteiger partial charge in [-0.2, -0.15) is 5.26 Å². The van der Waals surface area contributed by atoms with Crippen LogP contribution >= 0.6 is 11.6 Å². The Hall–Kier alpha value is -1.99. The van der Waals surface area contributed by atoms with Crippen molar-refractivity contribution in [3.8, 4) is 6.07 Å². The lowest BCUT2D eigenvalue weighted by molar-refractivity contribution is 0.915. The topological polar surface area (TPSA) is 62.5 Å². The first kappa shape index (κ1) is 11.5. The monoisotopic (exact) mass is 244 g/mol. The highest BCUT2D eigenvalue weighted by molar-refractivity contribution is 6.28. The average Bonchev–Trinajstić information content (AvgIpc) is 2.36. The second-order valence-corrected chi connectivity index (χ2v) is 3.89. The van der Waals surface area contributed by atoms with E-state index in [0.29, 0.717) is 5.69 Å². The minimum Gasteiger partial charge on any atom is -0.264 e. The van der Waals surface area contributed by atoms with Gasteiger partial charge in [0, 0.05) is 18.6 Å². The Balaban J connectivity index is 2.51. The number of hydrogen-bond donors (Lipinski definition) is 0. The van der Waals surface area contributed by atoms with Gasteiger partial charge in [0.05, 0.1) is 11.8 Å². The standard InChI is InChI=1S/C12H9ClN4/c1-8-6-16-12(13)17-11(8)10(5-14)9-3-2-4-15-7-9/h2-4,6-7,10H,1H3. The van der Waals surface area contributed by atoms with Gasteiger partial charge in [-0.1, -0.05) is 6.07 Å². The van der Waals surface area contributed by atoms with Gasteiger partial charge in [-0.15, -0.1) is 0 Å². The predicted molar refractivity (Wildman–Crippen MR) is 63.5 cm³/mol. The Kier molecular flexibility index (Phi) is 3.31. The summed E-state index contributed by atoms with van der Waals surface area (Å²) in [5, 5.41) is 9.41. The van der Waals surface area contributed by atoms with Crippen molar-refractivity contribution in [2.45, 2.75) is 12.8 Å². The minimum atomic E-state index is -0.468. The van der Waals surface area contributed by atoms with Crippen LogP contribution in [0.25, 0.3) is 0 Å². The minimum absolute atomic E-state index is 0.148. The second-order valence-electron chi connectivity index (χ2n) is 3.56.